The van der Waals surface area contributed by atoms with Crippen LogP contribution < -0.4 is 10.6 Å². The third kappa shape index (κ3) is 5.41. The zero-order valence-electron chi connectivity index (χ0n) is 13.3. The van der Waals surface area contributed by atoms with Crippen molar-refractivity contribution < 1.29 is 9.59 Å². The van der Waals surface area contributed by atoms with Gasteiger partial charge in [-0.25, -0.2) is 0 Å². The number of rotatable bonds is 6. The summed E-state index contributed by atoms with van der Waals surface area (Å²) in [5, 5.41) is 14.8. The largest absolute Gasteiger partial charge is 0.347 e. The first kappa shape index (κ1) is 17.6. The number of carbonyl (C=O) groups excluding carboxylic acids is 2. The summed E-state index contributed by atoms with van der Waals surface area (Å²) in [6, 6.07) is 0. The molecule has 0 saturated heterocycles. The summed E-state index contributed by atoms with van der Waals surface area (Å²) in [6.45, 7) is 9.55. The molecule has 0 aromatic carbocycles. The van der Waals surface area contributed by atoms with Crippen molar-refractivity contribution >= 4 is 28.3 Å². The standard InChI is InChI=1S/C14H24N4O2S/c1-6-9(7-2)11-17-18-13(21-11)16-10(19)8-15-12(20)14(3,4)5/h9H,6-8H2,1-5H3,(H,15,20)(H,16,18,19). The van der Waals surface area contributed by atoms with Gasteiger partial charge >= 0.3 is 0 Å². The van der Waals surface area contributed by atoms with E-state index < -0.39 is 5.41 Å². The Hall–Kier alpha value is -1.50. The van der Waals surface area contributed by atoms with Gasteiger partial charge in [-0.2, -0.15) is 0 Å². The summed E-state index contributed by atoms with van der Waals surface area (Å²) in [4.78, 5) is 23.5. The second kappa shape index (κ2) is 7.49. The van der Waals surface area contributed by atoms with E-state index in [9.17, 15) is 9.59 Å². The summed E-state index contributed by atoms with van der Waals surface area (Å²) in [5.74, 6) is -0.0683. The number of carbonyl (C=O) groups is 2. The van der Waals surface area contributed by atoms with Crippen LogP contribution in [0.25, 0.3) is 0 Å². The number of nitrogens with zero attached hydrogens (tertiary/aromatic N) is 2. The molecule has 0 aliphatic rings. The maximum atomic E-state index is 11.8. The molecule has 2 N–H and O–H groups in total. The molecule has 6 nitrogen and oxygen atoms in total. The van der Waals surface area contributed by atoms with E-state index >= 15 is 0 Å². The molecule has 0 saturated carbocycles. The third-order valence-corrected chi connectivity index (χ3v) is 4.11. The molecule has 1 aromatic heterocycles. The quantitative estimate of drug-likeness (QED) is 0.845. The van der Waals surface area contributed by atoms with Crippen molar-refractivity contribution in [3.05, 3.63) is 5.01 Å². The van der Waals surface area contributed by atoms with Crippen LogP contribution >= 0.6 is 11.3 Å². The lowest BCUT2D eigenvalue weighted by Crippen LogP contribution is -2.39. The number of hydrogen-bond acceptors (Lipinski definition) is 5. The van der Waals surface area contributed by atoms with E-state index in [-0.39, 0.29) is 18.4 Å². The minimum atomic E-state index is -0.508. The second-order valence-electron chi connectivity index (χ2n) is 5.94. The minimum Gasteiger partial charge on any atom is -0.347 e. The molecule has 0 bridgehead atoms. The first-order valence-electron chi connectivity index (χ1n) is 7.19. The van der Waals surface area contributed by atoms with Gasteiger partial charge in [0.25, 0.3) is 0 Å². The number of hydrogen-bond donors (Lipinski definition) is 2. The normalized spacial score (nSPS) is 11.5. The average molecular weight is 312 g/mol. The van der Waals surface area contributed by atoms with Crippen LogP contribution in [0.2, 0.25) is 0 Å². The first-order valence-corrected chi connectivity index (χ1v) is 8.01. The van der Waals surface area contributed by atoms with Gasteiger partial charge in [0.2, 0.25) is 16.9 Å². The highest BCUT2D eigenvalue weighted by atomic mass is 32.1. The van der Waals surface area contributed by atoms with Gasteiger partial charge in [0.05, 0.1) is 6.54 Å². The lowest BCUT2D eigenvalue weighted by atomic mass is 9.96. The Labute approximate surface area is 129 Å². The molecule has 0 unspecified atom stereocenters. The molecule has 21 heavy (non-hydrogen) atoms. The van der Waals surface area contributed by atoms with Crippen molar-refractivity contribution in [2.75, 3.05) is 11.9 Å². The van der Waals surface area contributed by atoms with Gasteiger partial charge in [0.1, 0.15) is 5.01 Å². The van der Waals surface area contributed by atoms with Gasteiger partial charge in [-0.05, 0) is 12.8 Å². The van der Waals surface area contributed by atoms with Crippen molar-refractivity contribution in [1.29, 1.82) is 0 Å². The molecule has 118 valence electrons. The fourth-order valence-corrected chi connectivity index (χ4v) is 2.70. The van der Waals surface area contributed by atoms with Gasteiger partial charge in [0.15, 0.2) is 0 Å². The second-order valence-corrected chi connectivity index (χ2v) is 6.95. The Kier molecular flexibility index (Phi) is 6.26. The highest BCUT2D eigenvalue weighted by Gasteiger charge is 2.21. The van der Waals surface area contributed by atoms with Gasteiger partial charge < -0.3 is 5.32 Å². The van der Waals surface area contributed by atoms with Gasteiger partial charge in [-0.15, -0.1) is 10.2 Å². The van der Waals surface area contributed by atoms with Crippen LogP contribution in [0, 0.1) is 5.41 Å². The third-order valence-electron chi connectivity index (χ3n) is 3.11. The maximum Gasteiger partial charge on any atom is 0.245 e. The van der Waals surface area contributed by atoms with Crippen molar-refractivity contribution in [1.82, 2.24) is 15.5 Å². The molecule has 1 rings (SSSR count). The molecule has 0 aliphatic heterocycles. The van der Waals surface area contributed by atoms with E-state index in [0.717, 1.165) is 17.8 Å². The van der Waals surface area contributed by atoms with E-state index in [0.29, 0.717) is 11.0 Å². The molecule has 0 radical (unpaired) electrons. The first-order chi connectivity index (χ1) is 9.77. The Balaban J connectivity index is 2.51. The van der Waals surface area contributed by atoms with Gasteiger partial charge in [-0.3, -0.25) is 14.9 Å². The molecule has 0 atom stereocenters. The van der Waals surface area contributed by atoms with Crippen LogP contribution in [0.1, 0.15) is 58.4 Å². The van der Waals surface area contributed by atoms with Crippen molar-refractivity contribution in [2.24, 2.45) is 5.41 Å². The number of anilines is 1. The summed E-state index contributed by atoms with van der Waals surface area (Å²) < 4.78 is 0. The molecule has 0 spiro atoms. The number of aromatic nitrogens is 2. The summed E-state index contributed by atoms with van der Waals surface area (Å²) in [7, 11) is 0. The topological polar surface area (TPSA) is 84.0 Å². The monoisotopic (exact) mass is 312 g/mol. The summed E-state index contributed by atoms with van der Waals surface area (Å²) in [6.07, 6.45) is 2.00. The van der Waals surface area contributed by atoms with Crippen LogP contribution in [-0.4, -0.2) is 28.6 Å². The van der Waals surface area contributed by atoms with Crippen LogP contribution in [0.4, 0.5) is 5.13 Å². The molecular weight excluding hydrogens is 288 g/mol. The highest BCUT2D eigenvalue weighted by molar-refractivity contribution is 7.15. The van der Waals surface area contributed by atoms with Crippen molar-refractivity contribution in [3.8, 4) is 0 Å². The predicted octanol–water partition coefficient (Wildman–Crippen LogP) is 2.54. The maximum absolute atomic E-state index is 11.8. The molecule has 1 aromatic rings. The van der Waals surface area contributed by atoms with Crippen LogP contribution in [0.15, 0.2) is 0 Å². The van der Waals surface area contributed by atoms with Gasteiger partial charge in [-0.1, -0.05) is 46.0 Å². The fourth-order valence-electron chi connectivity index (χ4n) is 1.68. The Morgan fingerprint density at radius 3 is 2.33 bits per heavy atom. The van der Waals surface area contributed by atoms with E-state index in [1.165, 1.54) is 11.3 Å². The average Bonchev–Trinajstić information content (AvgIpc) is 2.84. The Morgan fingerprint density at radius 2 is 1.81 bits per heavy atom. The van der Waals surface area contributed by atoms with Crippen LogP contribution in [0.3, 0.4) is 0 Å². The smallest absolute Gasteiger partial charge is 0.245 e. The minimum absolute atomic E-state index is 0.0595. The molecule has 2 amide bonds. The van der Waals surface area contributed by atoms with Crippen LogP contribution in [0.5, 0.6) is 0 Å². The Bertz CT molecular complexity index is 489. The predicted molar refractivity (Wildman–Crippen MR) is 84.3 cm³/mol. The SMILES string of the molecule is CCC(CC)c1nnc(NC(=O)CNC(=O)C(C)(C)C)s1. The lowest BCUT2D eigenvalue weighted by molar-refractivity contribution is -0.130. The van der Waals surface area contributed by atoms with Gasteiger partial charge in [0, 0.05) is 11.3 Å². The molecule has 1 heterocycles. The van der Waals surface area contributed by atoms with Crippen LogP contribution in [-0.2, 0) is 9.59 Å². The zero-order valence-corrected chi connectivity index (χ0v) is 14.1. The van der Waals surface area contributed by atoms with E-state index in [2.05, 4.69) is 34.7 Å². The number of nitrogens with one attached hydrogen (secondary N) is 2. The summed E-state index contributed by atoms with van der Waals surface area (Å²) >= 11 is 1.39. The van der Waals surface area contributed by atoms with Crippen molar-refractivity contribution in [3.63, 3.8) is 0 Å². The fraction of sp³-hybridized carbons (Fsp3) is 0.714. The van der Waals surface area contributed by atoms with E-state index in [4.69, 9.17) is 0 Å². The molecule has 7 heteroatoms. The van der Waals surface area contributed by atoms with Crippen molar-refractivity contribution in [2.45, 2.75) is 53.4 Å². The molecule has 0 aliphatic carbocycles. The summed E-state index contributed by atoms with van der Waals surface area (Å²) in [5.41, 5.74) is -0.508. The lowest BCUT2D eigenvalue weighted by Gasteiger charge is -2.17. The Morgan fingerprint density at radius 1 is 1.19 bits per heavy atom. The molecular formula is C14H24N4O2S. The highest BCUT2D eigenvalue weighted by Crippen LogP contribution is 2.27. The van der Waals surface area contributed by atoms with E-state index in [1.807, 2.05) is 0 Å². The number of amides is 2. The molecule has 0 fully saturated rings. The zero-order chi connectivity index (χ0) is 16.0. The van der Waals surface area contributed by atoms with E-state index in [1.54, 1.807) is 20.8 Å².